The highest BCUT2D eigenvalue weighted by molar-refractivity contribution is 5.89. The molecule has 3 amide bonds. The van der Waals surface area contributed by atoms with Crippen molar-refractivity contribution in [3.8, 4) is 5.75 Å². The summed E-state index contributed by atoms with van der Waals surface area (Å²) >= 11 is 0. The van der Waals surface area contributed by atoms with Crippen LogP contribution in [0.2, 0.25) is 0 Å². The molecule has 2 aliphatic heterocycles. The van der Waals surface area contributed by atoms with Gasteiger partial charge in [0.05, 0.1) is 33.4 Å². The van der Waals surface area contributed by atoms with Crippen LogP contribution >= 0.6 is 0 Å². The number of nitrogens with one attached hydrogen (secondary N) is 1. The molecule has 0 aliphatic carbocycles. The van der Waals surface area contributed by atoms with Gasteiger partial charge in [-0.15, -0.1) is 0 Å². The van der Waals surface area contributed by atoms with Crippen LogP contribution in [0.5, 0.6) is 5.75 Å². The second-order valence-electron chi connectivity index (χ2n) is 6.79. The molecule has 2 fully saturated rings. The fourth-order valence-electron chi connectivity index (χ4n) is 3.37. The van der Waals surface area contributed by atoms with Gasteiger partial charge in [0.15, 0.2) is 0 Å². The maximum Gasteiger partial charge on any atom is 0.322 e. The molecule has 9 nitrogen and oxygen atoms in total. The quantitative estimate of drug-likeness (QED) is 0.826. The number of rotatable bonds is 4. The maximum absolute atomic E-state index is 12.8. The first-order valence-electron chi connectivity index (χ1n) is 9.30. The standard InChI is InChI=1S/C19H27N3O6/c1-25-12-17(23)21-8-10-28-19(13-21)14-22(7-4-9-27-19)18(24)20-15-5-3-6-16(11-15)26-2/h3,5-6,11H,4,7-10,12-14H2,1-2H3,(H,20,24). The first-order valence-corrected chi connectivity index (χ1v) is 9.30. The van der Waals surface area contributed by atoms with Gasteiger partial charge in [-0.3, -0.25) is 4.79 Å². The van der Waals surface area contributed by atoms with E-state index in [4.69, 9.17) is 18.9 Å². The minimum absolute atomic E-state index is 0.0100. The fraction of sp³-hybridized carbons (Fsp3) is 0.579. The summed E-state index contributed by atoms with van der Waals surface area (Å²) in [6, 6.07) is 6.93. The van der Waals surface area contributed by atoms with Gasteiger partial charge in [-0.2, -0.15) is 0 Å². The Balaban J connectivity index is 1.68. The summed E-state index contributed by atoms with van der Waals surface area (Å²) in [5.74, 6) is -0.481. The topological polar surface area (TPSA) is 89.6 Å². The van der Waals surface area contributed by atoms with Crippen LogP contribution < -0.4 is 10.1 Å². The molecule has 1 aromatic rings. The van der Waals surface area contributed by atoms with Gasteiger partial charge in [0.2, 0.25) is 11.7 Å². The summed E-state index contributed by atoms with van der Waals surface area (Å²) in [6.07, 6.45) is 0.683. The number of ether oxygens (including phenoxy) is 4. The van der Waals surface area contributed by atoms with Crippen LogP contribution in [-0.4, -0.2) is 87.7 Å². The van der Waals surface area contributed by atoms with E-state index >= 15 is 0 Å². The van der Waals surface area contributed by atoms with Crippen molar-refractivity contribution in [2.24, 2.45) is 0 Å². The van der Waals surface area contributed by atoms with Gasteiger partial charge < -0.3 is 34.1 Å². The maximum atomic E-state index is 12.8. The second kappa shape index (κ2) is 9.22. The number of hydrogen-bond acceptors (Lipinski definition) is 6. The molecule has 0 aromatic heterocycles. The predicted molar refractivity (Wildman–Crippen MR) is 101 cm³/mol. The molecule has 1 N–H and O–H groups in total. The molecule has 2 heterocycles. The minimum Gasteiger partial charge on any atom is -0.497 e. The monoisotopic (exact) mass is 393 g/mol. The van der Waals surface area contributed by atoms with Crippen molar-refractivity contribution in [1.82, 2.24) is 9.80 Å². The summed E-state index contributed by atoms with van der Waals surface area (Å²) in [5.41, 5.74) is 0.644. The summed E-state index contributed by atoms with van der Waals surface area (Å²) in [4.78, 5) is 28.4. The average Bonchev–Trinajstić information content (AvgIpc) is 2.91. The van der Waals surface area contributed by atoms with Crippen LogP contribution in [0.25, 0.3) is 0 Å². The Kier molecular flexibility index (Phi) is 6.71. The summed E-state index contributed by atoms with van der Waals surface area (Å²) in [6.45, 7) is 2.32. The molecule has 9 heteroatoms. The number of amides is 3. The third-order valence-corrected chi connectivity index (χ3v) is 4.76. The van der Waals surface area contributed by atoms with Crippen LogP contribution in [0.15, 0.2) is 24.3 Å². The second-order valence-corrected chi connectivity index (χ2v) is 6.79. The van der Waals surface area contributed by atoms with Gasteiger partial charge in [-0.1, -0.05) is 6.07 Å². The third-order valence-electron chi connectivity index (χ3n) is 4.76. The number of anilines is 1. The number of morpholine rings is 1. The van der Waals surface area contributed by atoms with Crippen molar-refractivity contribution in [3.63, 3.8) is 0 Å². The number of carbonyl (C=O) groups is 2. The number of carbonyl (C=O) groups excluding carboxylic acids is 2. The Hall–Kier alpha value is -2.36. The van der Waals surface area contributed by atoms with Crippen molar-refractivity contribution in [1.29, 1.82) is 0 Å². The van der Waals surface area contributed by atoms with E-state index < -0.39 is 5.79 Å². The zero-order chi connectivity index (χ0) is 20.0. The molecule has 1 aromatic carbocycles. The zero-order valence-electron chi connectivity index (χ0n) is 16.3. The van der Waals surface area contributed by atoms with E-state index in [1.165, 1.54) is 7.11 Å². The van der Waals surface area contributed by atoms with Crippen LogP contribution in [0.1, 0.15) is 6.42 Å². The van der Waals surface area contributed by atoms with E-state index in [9.17, 15) is 9.59 Å². The lowest BCUT2D eigenvalue weighted by Crippen LogP contribution is -2.60. The first-order chi connectivity index (χ1) is 13.5. The number of urea groups is 1. The van der Waals surface area contributed by atoms with Gasteiger partial charge in [0.25, 0.3) is 0 Å². The lowest BCUT2D eigenvalue weighted by atomic mass is 10.2. The van der Waals surface area contributed by atoms with E-state index in [2.05, 4.69) is 5.32 Å². The van der Waals surface area contributed by atoms with E-state index in [0.29, 0.717) is 44.2 Å². The van der Waals surface area contributed by atoms with Crippen molar-refractivity contribution >= 4 is 17.6 Å². The van der Waals surface area contributed by atoms with Crippen LogP contribution in [-0.2, 0) is 19.0 Å². The summed E-state index contributed by atoms with van der Waals surface area (Å²) in [7, 11) is 3.06. The van der Waals surface area contributed by atoms with Crippen molar-refractivity contribution in [2.75, 3.05) is 65.5 Å². The molecule has 28 heavy (non-hydrogen) atoms. The molecule has 0 saturated carbocycles. The third kappa shape index (κ3) is 4.92. The molecule has 2 saturated heterocycles. The normalized spacial score (nSPS) is 22.6. The van der Waals surface area contributed by atoms with Gasteiger partial charge in [-0.25, -0.2) is 4.79 Å². The Labute approximate surface area is 164 Å². The zero-order valence-corrected chi connectivity index (χ0v) is 16.3. The number of benzene rings is 1. The van der Waals surface area contributed by atoms with Gasteiger partial charge in [0, 0.05) is 32.0 Å². The Morgan fingerprint density at radius 3 is 2.71 bits per heavy atom. The molecule has 3 rings (SSSR count). The van der Waals surface area contributed by atoms with Crippen molar-refractivity contribution in [3.05, 3.63) is 24.3 Å². The largest absolute Gasteiger partial charge is 0.497 e. The van der Waals surface area contributed by atoms with E-state index in [0.717, 1.165) is 0 Å². The number of methoxy groups -OCH3 is 2. The van der Waals surface area contributed by atoms with Crippen molar-refractivity contribution in [2.45, 2.75) is 12.2 Å². The van der Waals surface area contributed by atoms with Crippen LogP contribution in [0, 0.1) is 0 Å². The molecule has 0 bridgehead atoms. The lowest BCUT2D eigenvalue weighted by Gasteiger charge is -2.43. The van der Waals surface area contributed by atoms with E-state index in [1.54, 1.807) is 29.0 Å². The molecule has 1 spiro atoms. The molecule has 1 atom stereocenters. The lowest BCUT2D eigenvalue weighted by molar-refractivity contribution is -0.262. The molecular formula is C19H27N3O6. The smallest absolute Gasteiger partial charge is 0.322 e. The predicted octanol–water partition coefficient (Wildman–Crippen LogP) is 1.15. The fourth-order valence-corrected chi connectivity index (χ4v) is 3.37. The van der Waals surface area contributed by atoms with Crippen molar-refractivity contribution < 1.29 is 28.5 Å². The van der Waals surface area contributed by atoms with Crippen LogP contribution in [0.3, 0.4) is 0 Å². The minimum atomic E-state index is -1.02. The van der Waals surface area contributed by atoms with Crippen LogP contribution in [0.4, 0.5) is 10.5 Å². The molecule has 2 aliphatic rings. The molecule has 0 radical (unpaired) electrons. The average molecular weight is 393 g/mol. The SMILES string of the molecule is COCC(=O)N1CCOC2(C1)CN(C(=O)Nc1cccc(OC)c1)CCCO2. The van der Waals surface area contributed by atoms with Gasteiger partial charge in [-0.05, 0) is 18.6 Å². The molecule has 154 valence electrons. The van der Waals surface area contributed by atoms with Gasteiger partial charge >= 0.3 is 6.03 Å². The highest BCUT2D eigenvalue weighted by Gasteiger charge is 2.43. The summed E-state index contributed by atoms with van der Waals surface area (Å²) in [5, 5.41) is 2.89. The first kappa shape index (κ1) is 20.4. The van der Waals surface area contributed by atoms with Gasteiger partial charge in [0.1, 0.15) is 12.4 Å². The Bertz CT molecular complexity index is 700. The highest BCUT2D eigenvalue weighted by Crippen LogP contribution is 2.25. The highest BCUT2D eigenvalue weighted by atomic mass is 16.7. The van der Waals surface area contributed by atoms with E-state index in [-0.39, 0.29) is 31.6 Å². The van der Waals surface area contributed by atoms with E-state index in [1.807, 2.05) is 12.1 Å². The Morgan fingerprint density at radius 2 is 1.93 bits per heavy atom. The Morgan fingerprint density at radius 1 is 1.14 bits per heavy atom. The summed E-state index contributed by atoms with van der Waals surface area (Å²) < 4.78 is 22.0. The molecular weight excluding hydrogens is 366 g/mol. The molecule has 1 unspecified atom stereocenters. The number of nitrogens with zero attached hydrogens (tertiary/aromatic N) is 2. The number of hydrogen-bond donors (Lipinski definition) is 1.